The first-order valence-electron chi connectivity index (χ1n) is 8.19. The van der Waals surface area contributed by atoms with Gasteiger partial charge in [0.15, 0.2) is 5.96 Å². The highest BCUT2D eigenvalue weighted by Gasteiger charge is 2.34. The maximum Gasteiger partial charge on any atom is 0.191 e. The van der Waals surface area contributed by atoms with E-state index >= 15 is 0 Å². The average Bonchev–Trinajstić information content (AvgIpc) is 3.03. The monoisotopic (exact) mass is 467 g/mol. The van der Waals surface area contributed by atoms with Crippen molar-refractivity contribution in [3.8, 4) is 5.75 Å². The molecule has 1 aromatic rings. The summed E-state index contributed by atoms with van der Waals surface area (Å²) in [6.45, 7) is 3.17. The average molecular weight is 467 g/mol. The molecule has 0 bridgehead atoms. The molecule has 1 unspecified atom stereocenters. The molecule has 6 nitrogen and oxygen atoms in total. The first kappa shape index (κ1) is 21.9. The Morgan fingerprint density at radius 1 is 1.44 bits per heavy atom. The molecule has 1 heterocycles. The number of halogens is 2. The van der Waals surface area contributed by atoms with Crippen LogP contribution in [-0.2, 0) is 4.74 Å². The van der Waals surface area contributed by atoms with E-state index in [2.05, 4.69) is 15.6 Å². The van der Waals surface area contributed by atoms with Crippen molar-refractivity contribution in [1.29, 1.82) is 0 Å². The Hall–Kier alpha value is -1.13. The van der Waals surface area contributed by atoms with E-state index in [1.54, 1.807) is 19.2 Å². The molecule has 25 heavy (non-hydrogen) atoms. The van der Waals surface area contributed by atoms with E-state index in [9.17, 15) is 9.50 Å². The Balaban J connectivity index is 0.00000312. The van der Waals surface area contributed by atoms with Crippen LogP contribution in [0.15, 0.2) is 29.3 Å². The number of benzene rings is 1. The van der Waals surface area contributed by atoms with E-state index in [1.165, 1.54) is 12.1 Å². The van der Waals surface area contributed by atoms with E-state index in [4.69, 9.17) is 9.47 Å². The fourth-order valence-corrected chi connectivity index (χ4v) is 2.70. The lowest BCUT2D eigenvalue weighted by Crippen LogP contribution is -2.45. The Morgan fingerprint density at radius 2 is 2.28 bits per heavy atom. The number of rotatable bonds is 8. The molecule has 8 heteroatoms. The summed E-state index contributed by atoms with van der Waals surface area (Å²) in [7, 11) is 1.70. The summed E-state index contributed by atoms with van der Waals surface area (Å²) >= 11 is 0. The first-order chi connectivity index (χ1) is 11.7. The summed E-state index contributed by atoms with van der Waals surface area (Å²) in [5.74, 6) is 0.859. The highest BCUT2D eigenvalue weighted by Crippen LogP contribution is 2.31. The lowest BCUT2D eigenvalue weighted by atomic mass is 9.84. The smallest absolute Gasteiger partial charge is 0.191 e. The lowest BCUT2D eigenvalue weighted by molar-refractivity contribution is 0.127. The number of nitrogens with one attached hydrogen (secondary N) is 2. The molecule has 1 fully saturated rings. The van der Waals surface area contributed by atoms with Crippen LogP contribution in [0, 0.1) is 11.2 Å². The van der Waals surface area contributed by atoms with Crippen molar-refractivity contribution in [3.63, 3.8) is 0 Å². The van der Waals surface area contributed by atoms with Crippen molar-refractivity contribution in [3.05, 3.63) is 30.1 Å². The van der Waals surface area contributed by atoms with Crippen LogP contribution >= 0.6 is 24.0 Å². The molecule has 1 aliphatic rings. The number of aliphatic imine (C=N–C) groups is 1. The minimum absolute atomic E-state index is 0. The van der Waals surface area contributed by atoms with Crippen LogP contribution in [0.25, 0.3) is 0 Å². The number of ether oxygens (including phenoxy) is 2. The van der Waals surface area contributed by atoms with Crippen LogP contribution < -0.4 is 15.4 Å². The van der Waals surface area contributed by atoms with Crippen LogP contribution in [0.2, 0.25) is 0 Å². The first-order valence-corrected chi connectivity index (χ1v) is 8.19. The molecule has 3 N–H and O–H groups in total. The molecular formula is C17H27FIN3O3. The van der Waals surface area contributed by atoms with E-state index in [1.807, 2.05) is 0 Å². The van der Waals surface area contributed by atoms with Gasteiger partial charge in [-0.15, -0.1) is 24.0 Å². The standard InChI is InChI=1S/C17H26FN3O3.HI/c1-19-16(21-12-17(5-8-22)6-9-23-13-17)20-7-10-24-15-4-2-3-14(18)11-15;/h2-4,11,22H,5-10,12-13H2,1H3,(H2,19,20,21);1H. The Bertz CT molecular complexity index is 540. The number of aliphatic hydroxyl groups excluding tert-OH is 1. The van der Waals surface area contributed by atoms with Crippen LogP contribution in [-0.4, -0.2) is 57.6 Å². The summed E-state index contributed by atoms with van der Waals surface area (Å²) in [4.78, 5) is 4.17. The van der Waals surface area contributed by atoms with Gasteiger partial charge >= 0.3 is 0 Å². The predicted octanol–water partition coefficient (Wildman–Crippen LogP) is 1.78. The zero-order valence-corrected chi connectivity index (χ0v) is 16.8. The van der Waals surface area contributed by atoms with Crippen molar-refractivity contribution >= 4 is 29.9 Å². The van der Waals surface area contributed by atoms with Crippen LogP contribution in [0.5, 0.6) is 5.75 Å². The molecule has 0 aliphatic carbocycles. The summed E-state index contributed by atoms with van der Waals surface area (Å²) in [6, 6.07) is 6.06. The molecule has 142 valence electrons. The van der Waals surface area contributed by atoms with Gasteiger partial charge in [-0.25, -0.2) is 4.39 Å². The number of hydrogen-bond donors (Lipinski definition) is 3. The van der Waals surface area contributed by atoms with E-state index in [-0.39, 0.29) is 41.8 Å². The summed E-state index contributed by atoms with van der Waals surface area (Å²) in [5, 5.41) is 15.7. The van der Waals surface area contributed by atoms with Gasteiger partial charge in [0.1, 0.15) is 18.2 Å². The quantitative estimate of drug-likeness (QED) is 0.235. The van der Waals surface area contributed by atoms with Crippen LogP contribution in [0.4, 0.5) is 4.39 Å². The maximum atomic E-state index is 13.1. The molecule has 0 radical (unpaired) electrons. The second-order valence-electron chi connectivity index (χ2n) is 5.93. The molecule has 2 rings (SSSR count). The van der Waals surface area contributed by atoms with Crippen molar-refractivity contribution in [2.45, 2.75) is 12.8 Å². The van der Waals surface area contributed by atoms with Gasteiger partial charge in [0.2, 0.25) is 0 Å². The SMILES string of the molecule is CN=C(NCCOc1cccc(F)c1)NCC1(CCO)CCOC1.I. The molecule has 1 aromatic carbocycles. The fraction of sp³-hybridized carbons (Fsp3) is 0.588. The van der Waals surface area contributed by atoms with Crippen molar-refractivity contribution in [2.75, 3.05) is 46.6 Å². The van der Waals surface area contributed by atoms with Crippen LogP contribution in [0.1, 0.15) is 12.8 Å². The third-order valence-corrected chi connectivity index (χ3v) is 4.14. The van der Waals surface area contributed by atoms with Gasteiger partial charge in [-0.2, -0.15) is 0 Å². The molecule has 1 saturated heterocycles. The Kier molecular flexibility index (Phi) is 10.1. The summed E-state index contributed by atoms with van der Waals surface area (Å²) < 4.78 is 24.0. The van der Waals surface area contributed by atoms with Crippen LogP contribution in [0.3, 0.4) is 0 Å². The van der Waals surface area contributed by atoms with Gasteiger partial charge in [-0.05, 0) is 25.0 Å². The van der Waals surface area contributed by atoms with Gasteiger partial charge in [0.25, 0.3) is 0 Å². The van der Waals surface area contributed by atoms with Gasteiger partial charge in [-0.1, -0.05) is 6.07 Å². The fourth-order valence-electron chi connectivity index (χ4n) is 2.70. The van der Waals surface area contributed by atoms with Crippen molar-refractivity contribution < 1.29 is 19.0 Å². The zero-order valence-electron chi connectivity index (χ0n) is 14.5. The van der Waals surface area contributed by atoms with Crippen molar-refractivity contribution in [2.24, 2.45) is 10.4 Å². The zero-order chi connectivity index (χ0) is 17.3. The lowest BCUT2D eigenvalue weighted by Gasteiger charge is -2.27. The predicted molar refractivity (Wildman–Crippen MR) is 106 cm³/mol. The third kappa shape index (κ3) is 7.33. The maximum absolute atomic E-state index is 13.1. The van der Waals surface area contributed by atoms with E-state index < -0.39 is 0 Å². The molecular weight excluding hydrogens is 440 g/mol. The largest absolute Gasteiger partial charge is 0.492 e. The van der Waals surface area contributed by atoms with Gasteiger partial charge < -0.3 is 25.2 Å². The molecule has 1 aliphatic heterocycles. The second-order valence-corrected chi connectivity index (χ2v) is 5.93. The minimum Gasteiger partial charge on any atom is -0.492 e. The van der Waals surface area contributed by atoms with Gasteiger partial charge in [0.05, 0.1) is 13.2 Å². The molecule has 0 aromatic heterocycles. The number of aliphatic hydroxyl groups is 1. The minimum atomic E-state index is -0.314. The number of hydrogen-bond acceptors (Lipinski definition) is 4. The van der Waals surface area contributed by atoms with E-state index in [0.29, 0.717) is 44.4 Å². The van der Waals surface area contributed by atoms with Crippen molar-refractivity contribution in [1.82, 2.24) is 10.6 Å². The number of nitrogens with zero attached hydrogens (tertiary/aromatic N) is 1. The molecule has 0 saturated carbocycles. The molecule has 1 atom stereocenters. The highest BCUT2D eigenvalue weighted by atomic mass is 127. The summed E-state index contributed by atoms with van der Waals surface area (Å²) in [6.07, 6.45) is 1.64. The highest BCUT2D eigenvalue weighted by molar-refractivity contribution is 14.0. The van der Waals surface area contributed by atoms with E-state index in [0.717, 1.165) is 13.0 Å². The number of guanidine groups is 1. The topological polar surface area (TPSA) is 75.1 Å². The normalized spacial score (nSPS) is 20.0. The Morgan fingerprint density at radius 3 is 2.92 bits per heavy atom. The summed E-state index contributed by atoms with van der Waals surface area (Å²) in [5.41, 5.74) is -0.0373. The molecule has 0 amide bonds. The van der Waals surface area contributed by atoms with Gasteiger partial charge in [0, 0.05) is 38.3 Å². The third-order valence-electron chi connectivity index (χ3n) is 4.14. The molecule has 0 spiro atoms. The van der Waals surface area contributed by atoms with Gasteiger partial charge in [-0.3, -0.25) is 4.99 Å². The Labute approximate surface area is 165 Å². The second kappa shape index (κ2) is 11.5.